The Morgan fingerprint density at radius 1 is 0.705 bits per heavy atom. The van der Waals surface area contributed by atoms with Crippen molar-refractivity contribution in [2.45, 2.75) is 27.2 Å². The van der Waals surface area contributed by atoms with Gasteiger partial charge in [-0.1, -0.05) is 159 Å². The third-order valence-electron chi connectivity index (χ3n) is 6.83. The van der Waals surface area contributed by atoms with Gasteiger partial charge in [0.1, 0.15) is 17.0 Å². The molecule has 0 fully saturated rings. The number of furan rings is 1. The molecule has 44 heavy (non-hydrogen) atoms. The van der Waals surface area contributed by atoms with Crippen LogP contribution in [-0.4, -0.2) is 5.84 Å². The van der Waals surface area contributed by atoms with Crippen molar-refractivity contribution in [3.8, 4) is 11.1 Å². The van der Waals surface area contributed by atoms with Crippen molar-refractivity contribution in [1.29, 1.82) is 0 Å². The average molecular weight is 577 g/mol. The molecule has 3 nitrogen and oxygen atoms in total. The van der Waals surface area contributed by atoms with Crippen LogP contribution in [0.3, 0.4) is 0 Å². The first-order valence-electron chi connectivity index (χ1n) is 15.0. The van der Waals surface area contributed by atoms with Crippen LogP contribution in [0.4, 0.5) is 0 Å². The van der Waals surface area contributed by atoms with Crippen LogP contribution in [-0.2, 0) is 0 Å². The van der Waals surface area contributed by atoms with Crippen molar-refractivity contribution in [2.75, 3.05) is 0 Å². The highest BCUT2D eigenvalue weighted by Crippen LogP contribution is 2.36. The molecule has 3 heteroatoms. The molecule has 0 aliphatic carbocycles. The van der Waals surface area contributed by atoms with Gasteiger partial charge < -0.3 is 10.2 Å². The average Bonchev–Trinajstić information content (AvgIpc) is 3.46. The maximum atomic E-state index is 6.21. The molecule has 0 saturated heterocycles. The number of nitrogens with zero attached hydrogens (tertiary/aromatic N) is 1. The molecule has 0 aliphatic rings. The zero-order chi connectivity index (χ0) is 31.0. The maximum absolute atomic E-state index is 6.21. The predicted molar refractivity (Wildman–Crippen MR) is 192 cm³/mol. The zero-order valence-electron chi connectivity index (χ0n) is 25.7. The van der Waals surface area contributed by atoms with Gasteiger partial charge in [-0.3, -0.25) is 0 Å². The van der Waals surface area contributed by atoms with E-state index in [4.69, 9.17) is 10.2 Å². The van der Waals surface area contributed by atoms with E-state index in [1.807, 2.05) is 92.8 Å². The summed E-state index contributed by atoms with van der Waals surface area (Å²) in [4.78, 5) is 4.10. The topological polar surface area (TPSA) is 51.5 Å². The number of benzene rings is 4. The molecular formula is C41H40N2O. The van der Waals surface area contributed by atoms with Gasteiger partial charge in [-0.2, -0.15) is 0 Å². The highest BCUT2D eigenvalue weighted by atomic mass is 16.3. The zero-order valence-corrected chi connectivity index (χ0v) is 25.7. The molecular weight excluding hydrogens is 536 g/mol. The lowest BCUT2D eigenvalue weighted by molar-refractivity contribution is 0.670. The lowest BCUT2D eigenvalue weighted by Crippen LogP contribution is -2.12. The number of allylic oxidation sites excluding steroid dienone is 11. The molecule has 0 unspecified atom stereocenters. The van der Waals surface area contributed by atoms with E-state index in [0.29, 0.717) is 5.84 Å². The highest BCUT2D eigenvalue weighted by molar-refractivity contribution is 6.09. The fourth-order valence-electron chi connectivity index (χ4n) is 4.59. The summed E-state index contributed by atoms with van der Waals surface area (Å²) in [7, 11) is 0. The van der Waals surface area contributed by atoms with Crippen LogP contribution in [0.1, 0.15) is 38.3 Å². The first-order valence-corrected chi connectivity index (χ1v) is 15.0. The molecule has 0 amide bonds. The fraction of sp³-hybridized carbons (Fsp3) is 0.0976. The Balaban J connectivity index is 0.000000285. The molecule has 0 spiro atoms. The second-order valence-electron chi connectivity index (χ2n) is 9.95. The Hall–Kier alpha value is -5.41. The monoisotopic (exact) mass is 576 g/mol. The summed E-state index contributed by atoms with van der Waals surface area (Å²) in [6.45, 7) is 6.10. The molecule has 1 heterocycles. The molecule has 1 aromatic heterocycles. The van der Waals surface area contributed by atoms with Crippen molar-refractivity contribution in [3.05, 3.63) is 175 Å². The van der Waals surface area contributed by atoms with E-state index >= 15 is 0 Å². The van der Waals surface area contributed by atoms with Gasteiger partial charge in [0, 0.05) is 28.1 Å². The van der Waals surface area contributed by atoms with E-state index in [1.54, 1.807) is 6.20 Å². The van der Waals surface area contributed by atoms with E-state index in [2.05, 4.69) is 90.8 Å². The molecule has 0 atom stereocenters. The molecule has 0 radical (unpaired) electrons. The standard InChI is InChI=1S/C30H26O.C11H14N2/c1-3-5-7-8-9-14-23(13-6-4-2)24-19-21-25(22-20-24)26-16-12-17-28-27-15-10-11-18-29(27)31-30(26)28;1-2-3-9-13-11(12)10-7-5-4-6-8-10/h3-22H,1-2H3;3-9H,2H2,1H3,(H2,12,13)/b5-3+,6-4+,8-7+,14-9-,23-13+;9-3-. The number of nitrogens with two attached hydrogens (primary N) is 1. The van der Waals surface area contributed by atoms with Crippen LogP contribution < -0.4 is 5.73 Å². The molecule has 0 bridgehead atoms. The molecule has 0 saturated carbocycles. The van der Waals surface area contributed by atoms with Gasteiger partial charge in [-0.15, -0.1) is 0 Å². The number of rotatable bonds is 9. The highest BCUT2D eigenvalue weighted by Gasteiger charge is 2.11. The van der Waals surface area contributed by atoms with Gasteiger partial charge in [0.05, 0.1) is 0 Å². The van der Waals surface area contributed by atoms with Gasteiger partial charge in [0.25, 0.3) is 0 Å². The maximum Gasteiger partial charge on any atom is 0.143 e. The Bertz CT molecular complexity index is 1840. The van der Waals surface area contributed by atoms with Gasteiger partial charge in [0.2, 0.25) is 0 Å². The lowest BCUT2D eigenvalue weighted by atomic mass is 9.98. The van der Waals surface area contributed by atoms with E-state index in [0.717, 1.165) is 50.6 Å². The minimum atomic E-state index is 0.560. The van der Waals surface area contributed by atoms with Crippen LogP contribution in [0.15, 0.2) is 173 Å². The molecule has 220 valence electrons. The summed E-state index contributed by atoms with van der Waals surface area (Å²) < 4.78 is 6.21. The summed E-state index contributed by atoms with van der Waals surface area (Å²) in [5, 5.41) is 2.31. The van der Waals surface area contributed by atoms with Crippen LogP contribution in [0.5, 0.6) is 0 Å². The van der Waals surface area contributed by atoms with Gasteiger partial charge in [-0.05, 0) is 43.0 Å². The van der Waals surface area contributed by atoms with Crippen LogP contribution in [0, 0.1) is 0 Å². The molecule has 5 aromatic rings. The minimum Gasteiger partial charge on any atom is -0.455 e. The third kappa shape index (κ3) is 8.56. The first-order chi connectivity index (χ1) is 21.7. The fourth-order valence-corrected chi connectivity index (χ4v) is 4.59. The van der Waals surface area contributed by atoms with Crippen molar-refractivity contribution >= 4 is 33.3 Å². The van der Waals surface area contributed by atoms with Gasteiger partial charge >= 0.3 is 0 Å². The number of amidine groups is 1. The Morgan fingerprint density at radius 3 is 2.16 bits per heavy atom. The normalized spacial score (nSPS) is 12.9. The predicted octanol–water partition coefficient (Wildman–Crippen LogP) is 11.2. The van der Waals surface area contributed by atoms with Gasteiger partial charge in [-0.25, -0.2) is 4.99 Å². The number of fused-ring (bicyclic) bond motifs is 3. The number of hydrogen-bond donors (Lipinski definition) is 1. The number of hydrogen-bond acceptors (Lipinski definition) is 2. The lowest BCUT2D eigenvalue weighted by Gasteiger charge is -2.06. The third-order valence-corrected chi connectivity index (χ3v) is 6.83. The Labute approximate surface area is 261 Å². The van der Waals surface area contributed by atoms with Crippen molar-refractivity contribution in [1.82, 2.24) is 0 Å². The van der Waals surface area contributed by atoms with E-state index in [1.165, 1.54) is 5.56 Å². The quantitative estimate of drug-likeness (QED) is 0.108. The summed E-state index contributed by atoms with van der Waals surface area (Å²) in [5.74, 6) is 0.560. The SMILES string of the molecule is C/C=C/C=C/C=C\C(=C/C=C/C)c1ccc(-c2cccc3c2oc2ccccc23)cc1.CC/C=C\N=C(N)c1ccccc1. The second-order valence-corrected chi connectivity index (χ2v) is 9.95. The minimum absolute atomic E-state index is 0.560. The van der Waals surface area contributed by atoms with Crippen molar-refractivity contribution < 1.29 is 4.42 Å². The van der Waals surface area contributed by atoms with Crippen LogP contribution in [0.25, 0.3) is 38.6 Å². The molecule has 4 aromatic carbocycles. The van der Waals surface area contributed by atoms with Crippen LogP contribution in [0.2, 0.25) is 0 Å². The molecule has 2 N–H and O–H groups in total. The number of aliphatic imine (C=N–C) groups is 1. The van der Waals surface area contributed by atoms with E-state index in [9.17, 15) is 0 Å². The second kappa shape index (κ2) is 16.9. The Kier molecular flexibility index (Phi) is 12.1. The van der Waals surface area contributed by atoms with E-state index < -0.39 is 0 Å². The summed E-state index contributed by atoms with van der Waals surface area (Å²) >= 11 is 0. The molecule has 5 rings (SSSR count). The largest absolute Gasteiger partial charge is 0.455 e. The summed E-state index contributed by atoms with van der Waals surface area (Å²) in [6.07, 6.45) is 23.2. The summed E-state index contributed by atoms with van der Waals surface area (Å²) in [6, 6.07) is 33.0. The van der Waals surface area contributed by atoms with Crippen molar-refractivity contribution in [2.24, 2.45) is 10.7 Å². The molecule has 0 aliphatic heterocycles. The van der Waals surface area contributed by atoms with Crippen molar-refractivity contribution in [3.63, 3.8) is 0 Å². The summed E-state index contributed by atoms with van der Waals surface area (Å²) in [5.41, 5.74) is 13.2. The smallest absolute Gasteiger partial charge is 0.143 e. The first kappa shape index (κ1) is 31.5. The van der Waals surface area contributed by atoms with Crippen LogP contribution >= 0.6 is 0 Å². The van der Waals surface area contributed by atoms with Gasteiger partial charge in [0.15, 0.2) is 0 Å². The Morgan fingerprint density at radius 2 is 1.41 bits per heavy atom. The number of para-hydroxylation sites is 2. The van der Waals surface area contributed by atoms with E-state index in [-0.39, 0.29) is 0 Å².